The molecule has 0 unspecified atom stereocenters. The van der Waals surface area contributed by atoms with Crippen LogP contribution in [-0.2, 0) is 11.0 Å². The van der Waals surface area contributed by atoms with Crippen molar-refractivity contribution in [3.8, 4) is 17.0 Å². The minimum atomic E-state index is -4.65. The zero-order valence-corrected chi connectivity index (χ0v) is 22.3. The van der Waals surface area contributed by atoms with E-state index in [1.54, 1.807) is 10.6 Å². The molecule has 0 bridgehead atoms. The Morgan fingerprint density at radius 3 is 2.71 bits per heavy atom. The van der Waals surface area contributed by atoms with Crippen LogP contribution in [0.2, 0.25) is 0 Å². The van der Waals surface area contributed by atoms with Gasteiger partial charge in [0.2, 0.25) is 5.91 Å². The van der Waals surface area contributed by atoms with Gasteiger partial charge in [-0.2, -0.15) is 13.2 Å². The third kappa shape index (κ3) is 4.76. The number of anilines is 2. The molecule has 2 aliphatic heterocycles. The summed E-state index contributed by atoms with van der Waals surface area (Å²) in [5, 5.41) is 2.20. The van der Waals surface area contributed by atoms with Gasteiger partial charge in [-0.3, -0.25) is 14.0 Å². The number of piperidine rings is 1. The minimum Gasteiger partial charge on any atom is -0.496 e. The summed E-state index contributed by atoms with van der Waals surface area (Å²) in [5.41, 5.74) is 5.64. The molecule has 218 valence electrons. The first-order chi connectivity index (χ1) is 20.0. The first-order valence-electron chi connectivity index (χ1n) is 13.2. The highest BCUT2D eigenvalue weighted by Gasteiger charge is 2.38. The van der Waals surface area contributed by atoms with Gasteiger partial charge >= 0.3 is 6.18 Å². The second-order valence-electron chi connectivity index (χ2n) is 10.3. The number of nitrogens with two attached hydrogens (primary N) is 1. The number of hydrogen-bond donors (Lipinski definition) is 2. The summed E-state index contributed by atoms with van der Waals surface area (Å²) >= 11 is 0. The van der Waals surface area contributed by atoms with Crippen LogP contribution in [0.4, 0.5) is 29.2 Å². The summed E-state index contributed by atoms with van der Waals surface area (Å²) in [6.07, 6.45) is 2.47. The zero-order chi connectivity index (χ0) is 29.8. The molecule has 2 amide bonds. The van der Waals surface area contributed by atoms with Crippen LogP contribution >= 0.6 is 0 Å². The van der Waals surface area contributed by atoms with Crippen molar-refractivity contribution in [1.29, 1.82) is 0 Å². The molecule has 4 aromatic rings. The molecule has 0 aliphatic carbocycles. The number of rotatable bonds is 5. The number of imidazole rings is 1. The number of carbonyl (C=O) groups is 2. The van der Waals surface area contributed by atoms with Gasteiger partial charge in [-0.25, -0.2) is 19.3 Å². The third-order valence-corrected chi connectivity index (χ3v) is 7.81. The molecule has 2 atom stereocenters. The van der Waals surface area contributed by atoms with Crippen molar-refractivity contribution >= 4 is 29.0 Å². The van der Waals surface area contributed by atoms with Gasteiger partial charge in [-0.15, -0.1) is 0 Å². The molecule has 0 spiro atoms. The van der Waals surface area contributed by atoms with Crippen LogP contribution in [0.5, 0.6) is 5.75 Å². The number of aromatic nitrogens is 4. The summed E-state index contributed by atoms with van der Waals surface area (Å²) in [5.74, 6) is -1.53. The number of nitrogens with one attached hydrogen (secondary N) is 1. The molecular weight excluding hydrogens is 558 g/mol. The lowest BCUT2D eigenvalue weighted by molar-refractivity contribution is -0.137. The van der Waals surface area contributed by atoms with Gasteiger partial charge < -0.3 is 20.7 Å². The molecule has 10 nitrogen and oxygen atoms in total. The predicted molar refractivity (Wildman–Crippen MR) is 143 cm³/mol. The van der Waals surface area contributed by atoms with E-state index < -0.39 is 34.8 Å². The number of benzene rings is 1. The largest absolute Gasteiger partial charge is 0.496 e. The van der Waals surface area contributed by atoms with E-state index in [0.717, 1.165) is 43.7 Å². The second-order valence-corrected chi connectivity index (χ2v) is 10.3. The summed E-state index contributed by atoms with van der Waals surface area (Å²) in [6.45, 7) is 0.498. The summed E-state index contributed by atoms with van der Waals surface area (Å²) in [4.78, 5) is 40.0. The van der Waals surface area contributed by atoms with E-state index in [1.165, 1.54) is 13.3 Å². The third-order valence-electron chi connectivity index (χ3n) is 7.81. The van der Waals surface area contributed by atoms with E-state index in [0.29, 0.717) is 30.4 Å². The van der Waals surface area contributed by atoms with E-state index in [1.807, 2.05) is 4.90 Å². The van der Waals surface area contributed by atoms with Crippen LogP contribution in [0.15, 0.2) is 42.9 Å². The van der Waals surface area contributed by atoms with E-state index in [4.69, 9.17) is 15.5 Å². The molecule has 2 saturated heterocycles. The number of pyridine rings is 1. The fraction of sp³-hybridized carbons (Fsp3) is 0.321. The number of nitrogens with zero attached hydrogens (tertiary/aromatic N) is 5. The maximum atomic E-state index is 15.5. The van der Waals surface area contributed by atoms with Gasteiger partial charge in [0, 0.05) is 49.1 Å². The summed E-state index contributed by atoms with van der Waals surface area (Å²) in [6, 6.07) is 3.84. The zero-order valence-electron chi connectivity index (χ0n) is 22.3. The van der Waals surface area contributed by atoms with Crippen molar-refractivity contribution < 1.29 is 31.9 Å². The highest BCUT2D eigenvalue weighted by molar-refractivity contribution is 6.05. The van der Waals surface area contributed by atoms with E-state index >= 15 is 4.39 Å². The van der Waals surface area contributed by atoms with Gasteiger partial charge in [-0.05, 0) is 43.5 Å². The van der Waals surface area contributed by atoms with Gasteiger partial charge in [-0.1, -0.05) is 0 Å². The van der Waals surface area contributed by atoms with Crippen molar-refractivity contribution in [2.75, 3.05) is 24.7 Å². The van der Waals surface area contributed by atoms with Crippen molar-refractivity contribution in [2.24, 2.45) is 0 Å². The van der Waals surface area contributed by atoms with E-state index in [-0.39, 0.29) is 40.7 Å². The fourth-order valence-electron chi connectivity index (χ4n) is 5.78. The highest BCUT2D eigenvalue weighted by atomic mass is 19.4. The molecule has 3 N–H and O–H groups in total. The molecule has 5 heterocycles. The number of ether oxygens (including phenoxy) is 1. The Morgan fingerprint density at radius 2 is 1.95 bits per heavy atom. The van der Waals surface area contributed by atoms with Crippen molar-refractivity contribution in [3.05, 3.63) is 65.6 Å². The summed E-state index contributed by atoms with van der Waals surface area (Å²) < 4.78 is 62.0. The molecule has 3 aromatic heterocycles. The number of hydrogen-bond acceptors (Lipinski definition) is 7. The predicted octanol–water partition coefficient (Wildman–Crippen LogP) is 4.66. The number of amides is 2. The molecule has 0 saturated carbocycles. The van der Waals surface area contributed by atoms with Crippen LogP contribution in [0.3, 0.4) is 0 Å². The van der Waals surface area contributed by atoms with Crippen LogP contribution in [0.1, 0.15) is 53.3 Å². The SMILES string of the molecule is COc1cc(C(=O)Nc2cc(C(F)(F)F)ccn2)c(F)cc1-c1nc([C@@H]2CC[C@H]3CCC(=O)N3C2)n2ccnc(N)c12. The van der Waals surface area contributed by atoms with E-state index in [2.05, 4.69) is 15.3 Å². The molecule has 2 fully saturated rings. The quantitative estimate of drug-likeness (QED) is 0.327. The van der Waals surface area contributed by atoms with Gasteiger partial charge in [0.15, 0.2) is 0 Å². The topological polar surface area (TPSA) is 128 Å². The van der Waals surface area contributed by atoms with Crippen molar-refractivity contribution in [2.45, 2.75) is 43.8 Å². The molecule has 1 aromatic carbocycles. The number of fused-ring (bicyclic) bond motifs is 2. The molecule has 2 aliphatic rings. The maximum Gasteiger partial charge on any atom is 0.416 e. The number of methoxy groups -OCH3 is 1. The Labute approximate surface area is 236 Å². The highest BCUT2D eigenvalue weighted by Crippen LogP contribution is 2.41. The van der Waals surface area contributed by atoms with E-state index in [9.17, 15) is 22.8 Å². The number of alkyl halides is 3. The Kier molecular flexibility index (Phi) is 6.70. The standard InChI is InChI=1S/C28H25F4N7O3/c1-42-20-12-17(27(41)36-21-10-15(6-7-34-21)28(30,31)32)19(29)11-18(20)23-24-25(33)35-8-9-38(24)26(37-23)14-2-3-16-4-5-22(40)39(16)13-14/h6-12,14,16H,2-5,13H2,1H3,(H2,33,35)(H,34,36,41)/t14-,16+/m1/s1. The van der Waals surface area contributed by atoms with Gasteiger partial charge in [0.1, 0.15) is 40.2 Å². The first-order valence-corrected chi connectivity index (χ1v) is 13.2. The van der Waals surface area contributed by atoms with Crippen LogP contribution in [0, 0.1) is 5.82 Å². The molecule has 0 radical (unpaired) electrons. The molecule has 42 heavy (non-hydrogen) atoms. The van der Waals surface area contributed by atoms with Gasteiger partial charge in [0.05, 0.1) is 18.2 Å². The molecule has 14 heteroatoms. The Balaban J connectivity index is 1.38. The van der Waals surface area contributed by atoms with Crippen LogP contribution in [0.25, 0.3) is 16.8 Å². The Bertz CT molecular complexity index is 1720. The number of carbonyl (C=O) groups excluding carboxylic acids is 2. The fourth-order valence-corrected chi connectivity index (χ4v) is 5.78. The molecule has 6 rings (SSSR count). The van der Waals surface area contributed by atoms with Crippen molar-refractivity contribution in [1.82, 2.24) is 24.3 Å². The van der Waals surface area contributed by atoms with Crippen LogP contribution < -0.4 is 15.8 Å². The average molecular weight is 584 g/mol. The normalized spacial score (nSPS) is 18.8. The van der Waals surface area contributed by atoms with Gasteiger partial charge in [0.25, 0.3) is 5.91 Å². The lowest BCUT2D eigenvalue weighted by atomic mass is 9.92. The lowest BCUT2D eigenvalue weighted by Gasteiger charge is -2.34. The average Bonchev–Trinajstić information content (AvgIpc) is 3.53. The first kappa shape index (κ1) is 27.4. The lowest BCUT2D eigenvalue weighted by Crippen LogP contribution is -2.41. The van der Waals surface area contributed by atoms with Crippen LogP contribution in [-0.4, -0.2) is 55.8 Å². The Hall–Kier alpha value is -4.75. The smallest absolute Gasteiger partial charge is 0.416 e. The monoisotopic (exact) mass is 583 g/mol. The summed E-state index contributed by atoms with van der Waals surface area (Å²) in [7, 11) is 1.33. The number of halogens is 4. The maximum absolute atomic E-state index is 15.5. The second kappa shape index (κ2) is 10.3. The minimum absolute atomic E-state index is 0.0757. The number of nitrogen functional groups attached to an aromatic ring is 1. The molecular formula is C28H25F4N7O3. The Morgan fingerprint density at radius 1 is 1.14 bits per heavy atom. The van der Waals surface area contributed by atoms with Crippen molar-refractivity contribution in [3.63, 3.8) is 0 Å².